The number of rotatable bonds is 2. The Morgan fingerprint density at radius 3 is 2.62 bits per heavy atom. The van der Waals surface area contributed by atoms with Crippen molar-refractivity contribution >= 4 is 37.5 Å². The standard InChI is InChI=1S/C12H15Br2NO/c13-8-5-6-10(9(14)7-8)15-11-3-1-2-4-12(11)16/h5-7,11-12,15-16H,1-4H2/t11-,12-/m0/s1. The van der Waals surface area contributed by atoms with Crippen molar-refractivity contribution in [3.05, 3.63) is 27.1 Å². The molecule has 1 aromatic carbocycles. The fourth-order valence-corrected chi connectivity index (χ4v) is 3.25. The molecule has 0 bridgehead atoms. The second-order valence-electron chi connectivity index (χ2n) is 4.23. The summed E-state index contributed by atoms with van der Waals surface area (Å²) in [7, 11) is 0. The Hall–Kier alpha value is -0.0600. The summed E-state index contributed by atoms with van der Waals surface area (Å²) in [6, 6.07) is 6.22. The van der Waals surface area contributed by atoms with Crippen molar-refractivity contribution in [1.29, 1.82) is 0 Å². The molecule has 4 heteroatoms. The summed E-state index contributed by atoms with van der Waals surface area (Å²) in [5, 5.41) is 13.3. The molecule has 2 N–H and O–H groups in total. The van der Waals surface area contributed by atoms with E-state index in [-0.39, 0.29) is 12.1 Å². The van der Waals surface area contributed by atoms with Crippen LogP contribution in [0.4, 0.5) is 5.69 Å². The number of hydrogen-bond donors (Lipinski definition) is 2. The number of halogens is 2. The second kappa shape index (κ2) is 5.52. The maximum Gasteiger partial charge on any atom is 0.0741 e. The van der Waals surface area contributed by atoms with Gasteiger partial charge >= 0.3 is 0 Å². The van der Waals surface area contributed by atoms with Gasteiger partial charge in [0.2, 0.25) is 0 Å². The van der Waals surface area contributed by atoms with E-state index in [1.807, 2.05) is 18.2 Å². The van der Waals surface area contributed by atoms with Crippen LogP contribution in [-0.2, 0) is 0 Å². The summed E-state index contributed by atoms with van der Waals surface area (Å²) in [5.41, 5.74) is 1.05. The molecule has 0 unspecified atom stereocenters. The molecule has 2 atom stereocenters. The third-order valence-corrected chi connectivity index (χ3v) is 4.15. The Labute approximate surface area is 113 Å². The summed E-state index contributed by atoms with van der Waals surface area (Å²) in [4.78, 5) is 0. The van der Waals surface area contributed by atoms with Crippen LogP contribution >= 0.6 is 31.9 Å². The van der Waals surface area contributed by atoms with Gasteiger partial charge in [0.25, 0.3) is 0 Å². The van der Waals surface area contributed by atoms with Crippen molar-refractivity contribution in [2.24, 2.45) is 0 Å². The van der Waals surface area contributed by atoms with Crippen LogP contribution in [0.3, 0.4) is 0 Å². The molecule has 0 aromatic heterocycles. The van der Waals surface area contributed by atoms with Crippen LogP contribution in [0.2, 0.25) is 0 Å². The summed E-state index contributed by atoms with van der Waals surface area (Å²) in [6.45, 7) is 0. The van der Waals surface area contributed by atoms with E-state index in [1.54, 1.807) is 0 Å². The topological polar surface area (TPSA) is 32.3 Å². The average molecular weight is 349 g/mol. The van der Waals surface area contributed by atoms with Crippen molar-refractivity contribution in [1.82, 2.24) is 0 Å². The van der Waals surface area contributed by atoms with Gasteiger partial charge < -0.3 is 10.4 Å². The quantitative estimate of drug-likeness (QED) is 0.848. The Bertz CT molecular complexity index is 370. The molecule has 0 amide bonds. The van der Waals surface area contributed by atoms with Gasteiger partial charge in [0.05, 0.1) is 12.1 Å². The first-order chi connectivity index (χ1) is 7.66. The van der Waals surface area contributed by atoms with Crippen LogP contribution in [0, 0.1) is 0 Å². The van der Waals surface area contributed by atoms with E-state index in [4.69, 9.17) is 0 Å². The minimum Gasteiger partial charge on any atom is -0.391 e. The van der Waals surface area contributed by atoms with E-state index >= 15 is 0 Å². The van der Waals surface area contributed by atoms with Crippen molar-refractivity contribution in [3.8, 4) is 0 Å². The first-order valence-electron chi connectivity index (χ1n) is 5.56. The summed E-state index contributed by atoms with van der Waals surface area (Å²) in [5.74, 6) is 0. The highest BCUT2D eigenvalue weighted by molar-refractivity contribution is 9.11. The van der Waals surface area contributed by atoms with Crippen LogP contribution < -0.4 is 5.32 Å². The molecule has 1 aromatic rings. The molecule has 0 aliphatic heterocycles. The molecule has 2 rings (SSSR count). The average Bonchev–Trinajstić information content (AvgIpc) is 2.25. The zero-order valence-corrected chi connectivity index (χ0v) is 12.1. The maximum atomic E-state index is 9.89. The van der Waals surface area contributed by atoms with Gasteiger partial charge in [-0.2, -0.15) is 0 Å². The molecule has 0 saturated heterocycles. The van der Waals surface area contributed by atoms with Gasteiger partial charge in [0.15, 0.2) is 0 Å². The van der Waals surface area contributed by atoms with Gasteiger partial charge in [-0.05, 0) is 47.0 Å². The largest absolute Gasteiger partial charge is 0.391 e. The predicted octanol–water partition coefficient (Wildman–Crippen LogP) is 3.93. The SMILES string of the molecule is O[C@H]1CCCC[C@@H]1Nc1ccc(Br)cc1Br. The summed E-state index contributed by atoms with van der Waals surface area (Å²) in [6.07, 6.45) is 4.07. The van der Waals surface area contributed by atoms with Crippen molar-refractivity contribution in [2.75, 3.05) is 5.32 Å². The minimum atomic E-state index is -0.218. The predicted molar refractivity (Wildman–Crippen MR) is 73.7 cm³/mol. The fourth-order valence-electron chi connectivity index (χ4n) is 2.09. The van der Waals surface area contributed by atoms with Gasteiger partial charge in [0, 0.05) is 14.6 Å². The molecule has 88 valence electrons. The monoisotopic (exact) mass is 347 g/mol. The van der Waals surface area contributed by atoms with E-state index in [9.17, 15) is 5.11 Å². The van der Waals surface area contributed by atoms with Gasteiger partial charge in [-0.15, -0.1) is 0 Å². The molecule has 0 heterocycles. The first-order valence-corrected chi connectivity index (χ1v) is 7.15. The van der Waals surface area contributed by atoms with Gasteiger partial charge in [0.1, 0.15) is 0 Å². The minimum absolute atomic E-state index is 0.186. The lowest BCUT2D eigenvalue weighted by Gasteiger charge is -2.29. The Morgan fingerprint density at radius 2 is 1.94 bits per heavy atom. The molecule has 1 saturated carbocycles. The zero-order chi connectivity index (χ0) is 11.5. The number of benzene rings is 1. The summed E-state index contributed by atoms with van der Waals surface area (Å²) < 4.78 is 2.08. The van der Waals surface area contributed by atoms with Crippen LogP contribution in [0.25, 0.3) is 0 Å². The highest BCUT2D eigenvalue weighted by Gasteiger charge is 2.23. The smallest absolute Gasteiger partial charge is 0.0741 e. The fraction of sp³-hybridized carbons (Fsp3) is 0.500. The molecule has 0 radical (unpaired) electrons. The lowest BCUT2D eigenvalue weighted by Crippen LogP contribution is -2.36. The Morgan fingerprint density at radius 1 is 1.19 bits per heavy atom. The number of anilines is 1. The molecular weight excluding hydrogens is 334 g/mol. The molecule has 16 heavy (non-hydrogen) atoms. The van der Waals surface area contributed by atoms with Crippen LogP contribution in [0.5, 0.6) is 0 Å². The third kappa shape index (κ3) is 2.99. The molecule has 0 spiro atoms. The van der Waals surface area contributed by atoms with Crippen LogP contribution in [-0.4, -0.2) is 17.3 Å². The molecule has 1 aliphatic carbocycles. The summed E-state index contributed by atoms with van der Waals surface area (Å²) >= 11 is 6.95. The van der Waals surface area contributed by atoms with Crippen molar-refractivity contribution in [2.45, 2.75) is 37.8 Å². The molecule has 2 nitrogen and oxygen atoms in total. The Kier molecular flexibility index (Phi) is 4.27. The maximum absolute atomic E-state index is 9.89. The normalized spacial score (nSPS) is 25.4. The number of nitrogens with one attached hydrogen (secondary N) is 1. The number of aliphatic hydroxyl groups excluding tert-OH is 1. The van der Waals surface area contributed by atoms with Gasteiger partial charge in [-0.25, -0.2) is 0 Å². The molecule has 1 aliphatic rings. The lowest BCUT2D eigenvalue weighted by molar-refractivity contribution is 0.116. The van der Waals surface area contributed by atoms with Crippen LogP contribution in [0.15, 0.2) is 27.1 Å². The number of hydrogen-bond acceptors (Lipinski definition) is 2. The van der Waals surface area contributed by atoms with E-state index in [0.29, 0.717) is 0 Å². The van der Waals surface area contributed by atoms with Gasteiger partial charge in [-0.1, -0.05) is 28.8 Å². The van der Waals surface area contributed by atoms with Crippen molar-refractivity contribution in [3.63, 3.8) is 0 Å². The van der Waals surface area contributed by atoms with Crippen LogP contribution in [0.1, 0.15) is 25.7 Å². The van der Waals surface area contributed by atoms with E-state index in [2.05, 4.69) is 37.2 Å². The molecule has 1 fully saturated rings. The molecular formula is C12H15Br2NO. The Balaban J connectivity index is 2.07. The van der Waals surface area contributed by atoms with Gasteiger partial charge in [-0.3, -0.25) is 0 Å². The highest BCUT2D eigenvalue weighted by atomic mass is 79.9. The highest BCUT2D eigenvalue weighted by Crippen LogP contribution is 2.29. The van der Waals surface area contributed by atoms with E-state index in [0.717, 1.165) is 33.9 Å². The van der Waals surface area contributed by atoms with E-state index < -0.39 is 0 Å². The number of aliphatic hydroxyl groups is 1. The third-order valence-electron chi connectivity index (χ3n) is 3.00. The zero-order valence-electron chi connectivity index (χ0n) is 8.92. The lowest BCUT2D eigenvalue weighted by atomic mass is 9.92. The van der Waals surface area contributed by atoms with Crippen molar-refractivity contribution < 1.29 is 5.11 Å². The first kappa shape index (κ1) is 12.4. The second-order valence-corrected chi connectivity index (χ2v) is 6.00. The van der Waals surface area contributed by atoms with E-state index in [1.165, 1.54) is 6.42 Å².